The van der Waals surface area contributed by atoms with Gasteiger partial charge in [0.1, 0.15) is 5.75 Å². The predicted octanol–water partition coefficient (Wildman–Crippen LogP) is 2.64. The van der Waals surface area contributed by atoms with Crippen LogP contribution in [0.15, 0.2) is 22.5 Å². The number of nitrogens with zero attached hydrogens (tertiary/aromatic N) is 1. The van der Waals surface area contributed by atoms with Gasteiger partial charge in [0.2, 0.25) is 0 Å². The second-order valence-corrected chi connectivity index (χ2v) is 5.18. The van der Waals surface area contributed by atoms with Crippen LogP contribution in [0.1, 0.15) is 6.92 Å². The lowest BCUT2D eigenvalue weighted by atomic mass is 10.3. The molecule has 0 saturated heterocycles. The fraction of sp³-hybridized carbons (Fsp3) is 0.111. The van der Waals surface area contributed by atoms with E-state index in [0.29, 0.717) is 0 Å². The number of carbonyl (C=O) groups excluding carboxylic acids is 1. The van der Waals surface area contributed by atoms with E-state index in [0.717, 1.165) is 26.3 Å². The first-order chi connectivity index (χ1) is 6.65. The molecule has 3 nitrogen and oxygen atoms in total. The molecule has 0 atom stereocenters. The summed E-state index contributed by atoms with van der Waals surface area (Å²) in [5.74, 6) is 0.223. The highest BCUT2D eigenvalue weighted by Crippen LogP contribution is 2.31. The zero-order valence-electron chi connectivity index (χ0n) is 7.35. The van der Waals surface area contributed by atoms with Gasteiger partial charge in [0, 0.05) is 6.92 Å². The average molecular weight is 225 g/mol. The Bertz CT molecular complexity index is 493. The topological polar surface area (TPSA) is 50.2 Å². The van der Waals surface area contributed by atoms with E-state index in [1.807, 2.05) is 0 Å². The van der Waals surface area contributed by atoms with Crippen LogP contribution in [-0.4, -0.2) is 15.2 Å². The Balaban J connectivity index is 2.46. The fourth-order valence-electron chi connectivity index (χ4n) is 1.06. The van der Waals surface area contributed by atoms with Gasteiger partial charge in [-0.3, -0.25) is 4.79 Å². The van der Waals surface area contributed by atoms with Crippen LogP contribution in [0.3, 0.4) is 0 Å². The van der Waals surface area contributed by atoms with Crippen LogP contribution in [0.25, 0.3) is 10.2 Å². The van der Waals surface area contributed by atoms with Crippen LogP contribution in [0, 0.1) is 0 Å². The fourth-order valence-corrected chi connectivity index (χ4v) is 2.97. The minimum absolute atomic E-state index is 0.0216. The molecule has 0 bridgehead atoms. The maximum absolute atomic E-state index is 10.8. The van der Waals surface area contributed by atoms with Crippen molar-refractivity contribution in [2.24, 2.45) is 0 Å². The van der Waals surface area contributed by atoms with Crippen molar-refractivity contribution in [3.8, 4) is 5.75 Å². The van der Waals surface area contributed by atoms with Crippen molar-refractivity contribution in [1.82, 2.24) is 4.98 Å². The second kappa shape index (κ2) is 3.59. The smallest absolute Gasteiger partial charge is 0.192 e. The van der Waals surface area contributed by atoms with E-state index in [4.69, 9.17) is 0 Å². The molecule has 5 heteroatoms. The minimum atomic E-state index is 0.0216. The number of hydrogen-bond donors (Lipinski definition) is 1. The Hall–Kier alpha value is -1.07. The third-order valence-electron chi connectivity index (χ3n) is 1.58. The maximum atomic E-state index is 10.8. The number of aromatic nitrogens is 1. The van der Waals surface area contributed by atoms with Crippen LogP contribution >= 0.6 is 23.1 Å². The summed E-state index contributed by atoms with van der Waals surface area (Å²) in [7, 11) is 0. The number of thioether (sulfide) groups is 1. The summed E-state index contributed by atoms with van der Waals surface area (Å²) >= 11 is 2.53. The van der Waals surface area contributed by atoms with Crippen molar-refractivity contribution >= 4 is 38.4 Å². The van der Waals surface area contributed by atoms with E-state index in [9.17, 15) is 9.90 Å². The Morgan fingerprint density at radius 1 is 1.57 bits per heavy atom. The van der Waals surface area contributed by atoms with Crippen molar-refractivity contribution in [3.63, 3.8) is 0 Å². The highest BCUT2D eigenvalue weighted by Gasteiger charge is 2.06. The summed E-state index contributed by atoms with van der Waals surface area (Å²) in [5.41, 5.74) is 0.816. The van der Waals surface area contributed by atoms with Gasteiger partial charge >= 0.3 is 0 Å². The molecule has 72 valence electrons. The Labute approximate surface area is 88.8 Å². The Kier molecular flexibility index (Phi) is 2.43. The van der Waals surface area contributed by atoms with Gasteiger partial charge in [0.05, 0.1) is 10.2 Å². The number of phenols is 1. The van der Waals surface area contributed by atoms with Crippen LogP contribution in [0.2, 0.25) is 0 Å². The van der Waals surface area contributed by atoms with Crippen molar-refractivity contribution < 1.29 is 9.90 Å². The summed E-state index contributed by atoms with van der Waals surface area (Å²) < 4.78 is 1.62. The first-order valence-electron chi connectivity index (χ1n) is 3.93. The summed E-state index contributed by atoms with van der Waals surface area (Å²) in [6, 6.07) is 4.98. The van der Waals surface area contributed by atoms with Crippen LogP contribution < -0.4 is 0 Å². The highest BCUT2D eigenvalue weighted by atomic mass is 32.2. The maximum Gasteiger partial charge on any atom is 0.192 e. The van der Waals surface area contributed by atoms with Gasteiger partial charge in [-0.25, -0.2) is 4.98 Å². The average Bonchev–Trinajstić information content (AvgIpc) is 2.44. The Morgan fingerprint density at radius 2 is 2.36 bits per heavy atom. The molecule has 1 aromatic heterocycles. The molecule has 0 aliphatic rings. The normalized spacial score (nSPS) is 10.6. The molecule has 14 heavy (non-hydrogen) atoms. The molecule has 2 aromatic rings. The lowest BCUT2D eigenvalue weighted by Gasteiger charge is -1.87. The third kappa shape index (κ3) is 1.88. The Morgan fingerprint density at radius 3 is 3.07 bits per heavy atom. The van der Waals surface area contributed by atoms with E-state index < -0.39 is 0 Å². The summed E-state index contributed by atoms with van der Waals surface area (Å²) in [6.45, 7) is 1.51. The first-order valence-corrected chi connectivity index (χ1v) is 5.56. The lowest BCUT2D eigenvalue weighted by molar-refractivity contribution is -0.109. The number of hydrogen-bond acceptors (Lipinski definition) is 5. The molecule has 1 aromatic carbocycles. The number of benzene rings is 1. The molecule has 0 aliphatic carbocycles. The quantitative estimate of drug-likeness (QED) is 0.758. The summed E-state index contributed by atoms with van der Waals surface area (Å²) in [6.07, 6.45) is 0. The van der Waals surface area contributed by atoms with Gasteiger partial charge < -0.3 is 5.11 Å². The van der Waals surface area contributed by atoms with Gasteiger partial charge in [0.25, 0.3) is 0 Å². The zero-order valence-corrected chi connectivity index (χ0v) is 8.98. The van der Waals surface area contributed by atoms with Gasteiger partial charge in [-0.1, -0.05) is 0 Å². The van der Waals surface area contributed by atoms with E-state index in [-0.39, 0.29) is 10.9 Å². The predicted molar refractivity (Wildman–Crippen MR) is 57.8 cm³/mol. The number of carbonyl (C=O) groups is 1. The van der Waals surface area contributed by atoms with Gasteiger partial charge in [0.15, 0.2) is 9.45 Å². The van der Waals surface area contributed by atoms with Gasteiger partial charge in [-0.2, -0.15) is 0 Å². The zero-order chi connectivity index (χ0) is 10.1. The standard InChI is InChI=1S/C9H7NO2S2/c1-5(11)13-9-10-7-3-2-6(12)4-8(7)14-9/h2-4,12H,1H3. The van der Waals surface area contributed by atoms with Crippen molar-refractivity contribution in [1.29, 1.82) is 0 Å². The largest absolute Gasteiger partial charge is 0.508 e. The summed E-state index contributed by atoms with van der Waals surface area (Å²) in [5, 5.41) is 9.25. The SMILES string of the molecule is CC(=O)Sc1nc2ccc(O)cc2s1. The van der Waals surface area contributed by atoms with Crippen molar-refractivity contribution in [2.75, 3.05) is 0 Å². The molecule has 0 spiro atoms. The van der Waals surface area contributed by atoms with Crippen molar-refractivity contribution in [3.05, 3.63) is 18.2 Å². The van der Waals surface area contributed by atoms with Crippen LogP contribution in [-0.2, 0) is 4.79 Å². The molecule has 0 amide bonds. The lowest BCUT2D eigenvalue weighted by Crippen LogP contribution is -1.78. The van der Waals surface area contributed by atoms with Gasteiger partial charge in [-0.05, 0) is 30.0 Å². The van der Waals surface area contributed by atoms with E-state index in [1.165, 1.54) is 18.3 Å². The first kappa shape index (κ1) is 9.48. The molecular weight excluding hydrogens is 218 g/mol. The van der Waals surface area contributed by atoms with E-state index in [2.05, 4.69) is 4.98 Å². The molecule has 2 rings (SSSR count). The van der Waals surface area contributed by atoms with Crippen LogP contribution in [0.4, 0.5) is 0 Å². The number of fused-ring (bicyclic) bond motifs is 1. The van der Waals surface area contributed by atoms with Gasteiger partial charge in [-0.15, -0.1) is 11.3 Å². The second-order valence-electron chi connectivity index (χ2n) is 2.73. The van der Waals surface area contributed by atoms with E-state index in [1.54, 1.807) is 18.2 Å². The number of phenolic OH excluding ortho intramolecular Hbond substituents is 1. The van der Waals surface area contributed by atoms with Crippen molar-refractivity contribution in [2.45, 2.75) is 11.3 Å². The monoisotopic (exact) mass is 225 g/mol. The van der Waals surface area contributed by atoms with Crippen LogP contribution in [0.5, 0.6) is 5.75 Å². The number of rotatable bonds is 1. The molecule has 0 saturated carbocycles. The molecule has 0 radical (unpaired) electrons. The highest BCUT2D eigenvalue weighted by molar-refractivity contribution is 8.14. The number of thiazole rings is 1. The molecule has 0 aliphatic heterocycles. The molecule has 1 N–H and O–H groups in total. The molecule has 1 heterocycles. The van der Waals surface area contributed by atoms with E-state index >= 15 is 0 Å². The molecule has 0 unspecified atom stereocenters. The summed E-state index contributed by atoms with van der Waals surface area (Å²) in [4.78, 5) is 15.1. The molecular formula is C9H7NO2S2. The molecule has 0 fully saturated rings. The minimum Gasteiger partial charge on any atom is -0.508 e. The number of aromatic hydroxyl groups is 1. The third-order valence-corrected chi connectivity index (χ3v) is 3.45.